The minimum atomic E-state index is -0.613. The number of nitrogens with one attached hydrogen (secondary N) is 2. The summed E-state index contributed by atoms with van der Waals surface area (Å²) in [6, 6.07) is 4.95. The molecule has 3 heterocycles. The van der Waals surface area contributed by atoms with Crippen LogP contribution < -0.4 is 10.2 Å². The van der Waals surface area contributed by atoms with Gasteiger partial charge in [-0.15, -0.1) is 0 Å². The predicted molar refractivity (Wildman–Crippen MR) is 71.3 cm³/mol. The number of H-pyrrole nitrogens is 1. The van der Waals surface area contributed by atoms with E-state index in [0.717, 1.165) is 16.6 Å². The second kappa shape index (κ2) is 3.69. The standard InChI is InChI=1S/C14H11N3O3/c18-11-5-4-10(13(19)16-11)17-9-3-1-2-8-12(9)7(6-15-8)14(17)20/h1-3,6,10,15H,4-5H2,(H,16,18,19). The molecule has 1 unspecified atom stereocenters. The van der Waals surface area contributed by atoms with E-state index >= 15 is 0 Å². The normalized spacial score (nSPS) is 21.7. The number of rotatable bonds is 1. The smallest absolute Gasteiger partial charge is 0.261 e. The lowest BCUT2D eigenvalue weighted by atomic mass is 10.0. The number of benzene rings is 1. The third-order valence-corrected chi connectivity index (χ3v) is 3.91. The summed E-state index contributed by atoms with van der Waals surface area (Å²) in [6.45, 7) is 0. The topological polar surface area (TPSA) is 82.3 Å². The Morgan fingerprint density at radius 3 is 2.85 bits per heavy atom. The molecular formula is C14H11N3O3. The van der Waals surface area contributed by atoms with Gasteiger partial charge in [-0.1, -0.05) is 6.07 Å². The van der Waals surface area contributed by atoms with E-state index in [1.807, 2.05) is 18.2 Å². The van der Waals surface area contributed by atoms with E-state index in [1.54, 1.807) is 6.20 Å². The van der Waals surface area contributed by atoms with Crippen LogP contribution in [0.5, 0.6) is 0 Å². The maximum Gasteiger partial charge on any atom is 0.261 e. The molecule has 0 aliphatic carbocycles. The quantitative estimate of drug-likeness (QED) is 0.756. The fourth-order valence-corrected chi connectivity index (χ4v) is 3.01. The lowest BCUT2D eigenvalue weighted by molar-refractivity contribution is -0.134. The van der Waals surface area contributed by atoms with Gasteiger partial charge < -0.3 is 4.98 Å². The summed E-state index contributed by atoms with van der Waals surface area (Å²) in [5.41, 5.74) is 2.19. The summed E-state index contributed by atoms with van der Waals surface area (Å²) < 4.78 is 0. The summed E-state index contributed by atoms with van der Waals surface area (Å²) in [5.74, 6) is -0.871. The molecule has 2 N–H and O–H groups in total. The Labute approximate surface area is 113 Å². The Bertz CT molecular complexity index is 777. The molecule has 1 aromatic carbocycles. The van der Waals surface area contributed by atoms with Crippen LogP contribution in [0.3, 0.4) is 0 Å². The number of piperidine rings is 1. The molecule has 0 radical (unpaired) electrons. The summed E-state index contributed by atoms with van der Waals surface area (Å²) in [6.07, 6.45) is 2.29. The van der Waals surface area contributed by atoms with Crippen LogP contribution in [0.4, 0.5) is 5.69 Å². The van der Waals surface area contributed by atoms with Crippen molar-refractivity contribution in [1.29, 1.82) is 0 Å². The molecule has 1 atom stereocenters. The molecule has 2 aromatic rings. The number of hydrogen-bond acceptors (Lipinski definition) is 3. The SMILES string of the molecule is O=C1CCC(N2C(=O)c3c[nH]c4cccc2c34)C(=O)N1. The van der Waals surface area contributed by atoms with E-state index in [0.29, 0.717) is 12.0 Å². The molecule has 2 aliphatic heterocycles. The second-order valence-corrected chi connectivity index (χ2v) is 5.04. The summed E-state index contributed by atoms with van der Waals surface area (Å²) in [5, 5.41) is 3.15. The maximum absolute atomic E-state index is 12.5. The molecule has 1 fully saturated rings. The van der Waals surface area contributed by atoms with Gasteiger partial charge in [0.2, 0.25) is 11.8 Å². The number of anilines is 1. The summed E-state index contributed by atoms with van der Waals surface area (Å²) >= 11 is 0. The number of carbonyl (C=O) groups is 3. The first-order chi connectivity index (χ1) is 9.66. The van der Waals surface area contributed by atoms with Crippen LogP contribution in [0.1, 0.15) is 23.2 Å². The van der Waals surface area contributed by atoms with Gasteiger partial charge >= 0.3 is 0 Å². The largest absolute Gasteiger partial charge is 0.360 e. The number of aromatic nitrogens is 1. The molecule has 100 valence electrons. The first-order valence-electron chi connectivity index (χ1n) is 6.44. The van der Waals surface area contributed by atoms with E-state index in [-0.39, 0.29) is 18.2 Å². The molecule has 6 nitrogen and oxygen atoms in total. The van der Waals surface area contributed by atoms with Gasteiger partial charge in [-0.25, -0.2) is 0 Å². The van der Waals surface area contributed by atoms with Crippen LogP contribution >= 0.6 is 0 Å². The van der Waals surface area contributed by atoms with E-state index in [9.17, 15) is 14.4 Å². The van der Waals surface area contributed by atoms with Crippen LogP contribution in [0.2, 0.25) is 0 Å². The van der Waals surface area contributed by atoms with Crippen LogP contribution in [-0.2, 0) is 9.59 Å². The Balaban J connectivity index is 1.83. The first kappa shape index (κ1) is 11.2. The number of imide groups is 1. The first-order valence-corrected chi connectivity index (χ1v) is 6.44. The van der Waals surface area contributed by atoms with Gasteiger partial charge in [-0.3, -0.25) is 24.6 Å². The fourth-order valence-electron chi connectivity index (χ4n) is 3.01. The van der Waals surface area contributed by atoms with Gasteiger partial charge in [0.15, 0.2) is 0 Å². The van der Waals surface area contributed by atoms with Crippen molar-refractivity contribution >= 4 is 34.3 Å². The highest BCUT2D eigenvalue weighted by Crippen LogP contribution is 2.39. The molecule has 6 heteroatoms. The zero-order valence-electron chi connectivity index (χ0n) is 10.5. The number of aromatic amines is 1. The highest BCUT2D eigenvalue weighted by molar-refractivity contribution is 6.27. The zero-order chi connectivity index (χ0) is 13.9. The summed E-state index contributed by atoms with van der Waals surface area (Å²) in [4.78, 5) is 40.3. The number of amides is 3. The minimum absolute atomic E-state index is 0.188. The monoisotopic (exact) mass is 269 g/mol. The highest BCUT2D eigenvalue weighted by Gasteiger charge is 2.40. The fraction of sp³-hybridized carbons (Fsp3) is 0.214. The van der Waals surface area contributed by atoms with Gasteiger partial charge in [0, 0.05) is 23.5 Å². The minimum Gasteiger partial charge on any atom is -0.360 e. The zero-order valence-corrected chi connectivity index (χ0v) is 10.5. The highest BCUT2D eigenvalue weighted by atomic mass is 16.2. The van der Waals surface area contributed by atoms with Gasteiger partial charge in [0.05, 0.1) is 11.3 Å². The van der Waals surface area contributed by atoms with Gasteiger partial charge in [-0.05, 0) is 18.6 Å². The lowest BCUT2D eigenvalue weighted by Crippen LogP contribution is -2.53. The molecule has 20 heavy (non-hydrogen) atoms. The molecule has 1 aromatic heterocycles. The Morgan fingerprint density at radius 2 is 2.05 bits per heavy atom. The van der Waals surface area contributed by atoms with Crippen molar-refractivity contribution in [2.24, 2.45) is 0 Å². The van der Waals surface area contributed by atoms with Crippen LogP contribution in [0.15, 0.2) is 24.4 Å². The number of hydrogen-bond donors (Lipinski definition) is 2. The Morgan fingerprint density at radius 1 is 1.20 bits per heavy atom. The third kappa shape index (κ3) is 1.30. The van der Waals surface area contributed by atoms with Crippen LogP contribution in [0.25, 0.3) is 10.9 Å². The van der Waals surface area contributed by atoms with Crippen molar-refractivity contribution < 1.29 is 14.4 Å². The summed E-state index contributed by atoms with van der Waals surface area (Å²) in [7, 11) is 0. The second-order valence-electron chi connectivity index (χ2n) is 5.04. The van der Waals surface area contributed by atoms with E-state index in [2.05, 4.69) is 10.3 Å². The third-order valence-electron chi connectivity index (χ3n) is 3.91. The number of carbonyl (C=O) groups excluding carboxylic acids is 3. The molecule has 0 spiro atoms. The van der Waals surface area contributed by atoms with E-state index in [1.165, 1.54) is 4.90 Å². The molecule has 0 bridgehead atoms. The van der Waals surface area contributed by atoms with Crippen molar-refractivity contribution in [1.82, 2.24) is 10.3 Å². The lowest BCUT2D eigenvalue weighted by Gasteiger charge is -2.30. The maximum atomic E-state index is 12.5. The molecule has 2 aliphatic rings. The predicted octanol–water partition coefficient (Wildman–Crippen LogP) is 0.933. The number of nitrogens with zero attached hydrogens (tertiary/aromatic N) is 1. The van der Waals surface area contributed by atoms with E-state index in [4.69, 9.17) is 0 Å². The molecule has 0 saturated carbocycles. The van der Waals surface area contributed by atoms with Gasteiger partial charge in [-0.2, -0.15) is 0 Å². The van der Waals surface area contributed by atoms with Gasteiger partial charge in [0.1, 0.15) is 6.04 Å². The van der Waals surface area contributed by atoms with Crippen molar-refractivity contribution in [2.75, 3.05) is 4.90 Å². The van der Waals surface area contributed by atoms with Crippen LogP contribution in [-0.4, -0.2) is 28.7 Å². The van der Waals surface area contributed by atoms with Crippen molar-refractivity contribution in [3.05, 3.63) is 30.0 Å². The molecule has 3 amide bonds. The van der Waals surface area contributed by atoms with Crippen molar-refractivity contribution in [3.8, 4) is 0 Å². The molecular weight excluding hydrogens is 258 g/mol. The van der Waals surface area contributed by atoms with Crippen molar-refractivity contribution in [3.63, 3.8) is 0 Å². The van der Waals surface area contributed by atoms with Crippen molar-refractivity contribution in [2.45, 2.75) is 18.9 Å². The average molecular weight is 269 g/mol. The Hall–Kier alpha value is -2.63. The van der Waals surface area contributed by atoms with E-state index < -0.39 is 11.9 Å². The molecule has 4 rings (SSSR count). The van der Waals surface area contributed by atoms with Gasteiger partial charge in [0.25, 0.3) is 5.91 Å². The van der Waals surface area contributed by atoms with Crippen LogP contribution in [0, 0.1) is 0 Å². The molecule has 1 saturated heterocycles. The average Bonchev–Trinajstić information content (AvgIpc) is 2.96. The Kier molecular flexibility index (Phi) is 2.07.